The first kappa shape index (κ1) is 21.3. The molecule has 11 heteroatoms. The van der Waals surface area contributed by atoms with Gasteiger partial charge in [0.15, 0.2) is 18.1 Å². The van der Waals surface area contributed by atoms with Crippen molar-refractivity contribution in [3.05, 3.63) is 23.3 Å². The summed E-state index contributed by atoms with van der Waals surface area (Å²) < 4.78 is 106. The molecule has 0 atom stereocenters. The average Bonchev–Trinajstić information content (AvgIpc) is 2.54. The van der Waals surface area contributed by atoms with Gasteiger partial charge in [-0.1, -0.05) is 0 Å². The lowest BCUT2D eigenvalue weighted by Gasteiger charge is -2.18. The van der Waals surface area contributed by atoms with E-state index in [9.17, 15) is 30.7 Å². The molecule has 0 heterocycles. The Balaban J connectivity index is 2.95. The largest absolute Gasteiger partial charge is 0.486 e. The first-order valence-electron chi connectivity index (χ1n) is 6.94. The Hall–Kier alpha value is -1.75. The van der Waals surface area contributed by atoms with E-state index in [1.54, 1.807) is 19.0 Å². The fourth-order valence-electron chi connectivity index (χ4n) is 1.56. The summed E-state index contributed by atoms with van der Waals surface area (Å²) in [5.41, 5.74) is 0. The number of halogens is 7. The summed E-state index contributed by atoms with van der Waals surface area (Å²) >= 11 is 0. The lowest BCUT2D eigenvalue weighted by atomic mass is 10.2. The maximum absolute atomic E-state index is 13.8. The van der Waals surface area contributed by atoms with E-state index >= 15 is 0 Å². The lowest BCUT2D eigenvalue weighted by molar-refractivity contribution is -0.253. The molecule has 0 bridgehead atoms. The molecule has 0 fully saturated rings. The molecule has 0 N–H and O–H groups in total. The van der Waals surface area contributed by atoms with Gasteiger partial charge in [-0.25, -0.2) is 4.39 Å². The van der Waals surface area contributed by atoms with Gasteiger partial charge in [-0.2, -0.15) is 26.3 Å². The molecule has 0 saturated heterocycles. The standard InChI is InChI=1S/C14H16F7NO3/c1-22(2)4-6-23-12-8(16)10(18)13(11(19)9(12)17)24-7-14(20,21)25-5-3-15/h3-7H2,1-2H3. The summed E-state index contributed by atoms with van der Waals surface area (Å²) in [5, 5.41) is 0. The van der Waals surface area contributed by atoms with Gasteiger partial charge in [0, 0.05) is 6.54 Å². The molecule has 0 amide bonds. The first-order valence-corrected chi connectivity index (χ1v) is 6.94. The van der Waals surface area contributed by atoms with Crippen LogP contribution in [0.3, 0.4) is 0 Å². The molecule has 0 radical (unpaired) electrons. The van der Waals surface area contributed by atoms with Crippen LogP contribution in [0.5, 0.6) is 11.5 Å². The molecule has 25 heavy (non-hydrogen) atoms. The summed E-state index contributed by atoms with van der Waals surface area (Å²) in [6.07, 6.45) is -4.11. The second-order valence-corrected chi connectivity index (χ2v) is 5.03. The molecule has 1 aromatic carbocycles. The zero-order valence-corrected chi connectivity index (χ0v) is 13.4. The Morgan fingerprint density at radius 3 is 1.76 bits per heavy atom. The molecule has 0 aliphatic rings. The third kappa shape index (κ3) is 5.92. The molecule has 0 spiro atoms. The van der Waals surface area contributed by atoms with Crippen molar-refractivity contribution >= 4 is 0 Å². The molecule has 0 aliphatic heterocycles. The second kappa shape index (κ2) is 9.09. The van der Waals surface area contributed by atoms with E-state index in [0.29, 0.717) is 0 Å². The normalized spacial score (nSPS) is 11.9. The van der Waals surface area contributed by atoms with E-state index in [0.717, 1.165) is 0 Å². The number of ether oxygens (including phenoxy) is 3. The van der Waals surface area contributed by atoms with Crippen LogP contribution in [0.15, 0.2) is 0 Å². The Bertz CT molecular complexity index is 555. The highest BCUT2D eigenvalue weighted by molar-refractivity contribution is 5.38. The molecular formula is C14H16F7NO3. The molecular weight excluding hydrogens is 363 g/mol. The molecule has 4 nitrogen and oxygen atoms in total. The minimum absolute atomic E-state index is 0.193. The average molecular weight is 379 g/mol. The summed E-state index contributed by atoms with van der Waals surface area (Å²) in [7, 11) is 3.25. The van der Waals surface area contributed by atoms with Crippen LogP contribution in [0.2, 0.25) is 0 Å². The van der Waals surface area contributed by atoms with E-state index in [4.69, 9.17) is 0 Å². The van der Waals surface area contributed by atoms with Crippen molar-refractivity contribution in [2.24, 2.45) is 0 Å². The summed E-state index contributed by atoms with van der Waals surface area (Å²) in [6.45, 7) is -4.10. The van der Waals surface area contributed by atoms with Crippen molar-refractivity contribution in [3.63, 3.8) is 0 Å². The Kier molecular flexibility index (Phi) is 7.74. The Labute approximate surface area is 139 Å². The van der Waals surface area contributed by atoms with Crippen LogP contribution in [0.4, 0.5) is 30.7 Å². The van der Waals surface area contributed by atoms with Crippen molar-refractivity contribution in [1.82, 2.24) is 4.90 Å². The number of benzene rings is 1. The first-order chi connectivity index (χ1) is 11.6. The molecule has 0 aliphatic carbocycles. The maximum Gasteiger partial charge on any atom is 0.389 e. The van der Waals surface area contributed by atoms with Gasteiger partial charge >= 0.3 is 6.11 Å². The highest BCUT2D eigenvalue weighted by atomic mass is 19.3. The van der Waals surface area contributed by atoms with Crippen molar-refractivity contribution in [1.29, 1.82) is 0 Å². The molecule has 1 aromatic rings. The zero-order chi connectivity index (χ0) is 19.2. The van der Waals surface area contributed by atoms with Crippen LogP contribution in [-0.2, 0) is 4.74 Å². The topological polar surface area (TPSA) is 30.9 Å². The van der Waals surface area contributed by atoms with Gasteiger partial charge in [0.1, 0.15) is 13.3 Å². The minimum Gasteiger partial charge on any atom is -0.486 e. The molecule has 0 saturated carbocycles. The van der Waals surface area contributed by atoms with Gasteiger partial charge in [0.05, 0.1) is 6.61 Å². The zero-order valence-electron chi connectivity index (χ0n) is 13.4. The van der Waals surface area contributed by atoms with Gasteiger partial charge in [-0.3, -0.25) is 0 Å². The van der Waals surface area contributed by atoms with Crippen molar-refractivity contribution in [2.75, 3.05) is 47.1 Å². The molecule has 0 aromatic heterocycles. The number of alkyl halides is 3. The minimum atomic E-state index is -4.11. The lowest BCUT2D eigenvalue weighted by Crippen LogP contribution is -2.30. The predicted molar refractivity (Wildman–Crippen MR) is 72.7 cm³/mol. The van der Waals surface area contributed by atoms with Crippen LogP contribution in [0.25, 0.3) is 0 Å². The predicted octanol–water partition coefficient (Wildman–Crippen LogP) is 3.14. The maximum atomic E-state index is 13.8. The van der Waals surface area contributed by atoms with Crippen molar-refractivity contribution in [2.45, 2.75) is 6.11 Å². The van der Waals surface area contributed by atoms with Crippen molar-refractivity contribution < 1.29 is 44.9 Å². The van der Waals surface area contributed by atoms with E-state index in [-0.39, 0.29) is 13.2 Å². The van der Waals surface area contributed by atoms with E-state index in [2.05, 4.69) is 14.2 Å². The van der Waals surface area contributed by atoms with Crippen LogP contribution in [0.1, 0.15) is 0 Å². The van der Waals surface area contributed by atoms with Gasteiger partial charge in [-0.05, 0) is 14.1 Å². The molecule has 1 rings (SSSR count). The number of rotatable bonds is 10. The number of hydrogen-bond donors (Lipinski definition) is 0. The Morgan fingerprint density at radius 1 is 0.840 bits per heavy atom. The molecule has 0 unspecified atom stereocenters. The monoisotopic (exact) mass is 379 g/mol. The van der Waals surface area contributed by atoms with Gasteiger partial charge < -0.3 is 19.1 Å². The van der Waals surface area contributed by atoms with Crippen LogP contribution >= 0.6 is 0 Å². The van der Waals surface area contributed by atoms with Gasteiger partial charge in [-0.15, -0.1) is 0 Å². The quantitative estimate of drug-likeness (QED) is 0.462. The fourth-order valence-corrected chi connectivity index (χ4v) is 1.56. The third-order valence-corrected chi connectivity index (χ3v) is 2.74. The highest BCUT2D eigenvalue weighted by Gasteiger charge is 2.34. The van der Waals surface area contributed by atoms with E-state index in [1.807, 2.05) is 0 Å². The summed E-state index contributed by atoms with van der Waals surface area (Å²) in [5.74, 6) is -11.0. The number of nitrogens with zero attached hydrogens (tertiary/aromatic N) is 1. The number of hydrogen-bond acceptors (Lipinski definition) is 4. The Morgan fingerprint density at radius 2 is 1.32 bits per heavy atom. The second-order valence-electron chi connectivity index (χ2n) is 5.03. The third-order valence-electron chi connectivity index (χ3n) is 2.74. The van der Waals surface area contributed by atoms with Crippen LogP contribution < -0.4 is 9.47 Å². The fraction of sp³-hybridized carbons (Fsp3) is 0.571. The van der Waals surface area contributed by atoms with Crippen LogP contribution in [-0.4, -0.2) is 58.1 Å². The summed E-state index contributed by atoms with van der Waals surface area (Å²) in [6, 6.07) is 0. The summed E-state index contributed by atoms with van der Waals surface area (Å²) in [4.78, 5) is 1.58. The van der Waals surface area contributed by atoms with Crippen molar-refractivity contribution in [3.8, 4) is 11.5 Å². The van der Waals surface area contributed by atoms with Gasteiger partial charge in [0.25, 0.3) is 0 Å². The highest BCUT2D eigenvalue weighted by Crippen LogP contribution is 2.35. The van der Waals surface area contributed by atoms with Gasteiger partial charge in [0.2, 0.25) is 23.3 Å². The van der Waals surface area contributed by atoms with E-state index in [1.165, 1.54) is 0 Å². The van der Waals surface area contributed by atoms with E-state index < -0.39 is 60.8 Å². The number of likely N-dealkylation sites (N-methyl/N-ethyl adjacent to an activating group) is 1. The SMILES string of the molecule is CN(C)CCOc1c(F)c(F)c(OCC(F)(F)OCCF)c(F)c1F. The molecule has 144 valence electrons. The van der Waals surface area contributed by atoms with Crippen LogP contribution in [0, 0.1) is 23.3 Å². The smallest absolute Gasteiger partial charge is 0.389 e.